The fraction of sp³-hybridized carbons (Fsp3) is 0.562. The van der Waals surface area contributed by atoms with Crippen molar-refractivity contribution >= 4 is 29.8 Å². The Morgan fingerprint density at radius 3 is 2.64 bits per heavy atom. The molecule has 0 saturated carbocycles. The van der Waals surface area contributed by atoms with E-state index in [1.165, 1.54) is 0 Å². The van der Waals surface area contributed by atoms with Gasteiger partial charge in [-0.1, -0.05) is 20.8 Å². The van der Waals surface area contributed by atoms with Crippen LogP contribution in [-0.4, -0.2) is 31.1 Å². The van der Waals surface area contributed by atoms with Crippen molar-refractivity contribution in [1.29, 1.82) is 0 Å². The van der Waals surface area contributed by atoms with E-state index >= 15 is 0 Å². The zero-order valence-electron chi connectivity index (χ0n) is 14.0. The molecule has 0 unspecified atom stereocenters. The molecule has 6 heteroatoms. The molecule has 4 nitrogen and oxygen atoms in total. The maximum absolute atomic E-state index is 6.14. The first-order chi connectivity index (χ1) is 10.2. The van der Waals surface area contributed by atoms with Gasteiger partial charge in [-0.2, -0.15) is 5.10 Å². The van der Waals surface area contributed by atoms with Gasteiger partial charge in [0, 0.05) is 13.0 Å². The number of hydrogen-bond acceptors (Lipinski definition) is 3. The Labute approximate surface area is 142 Å². The van der Waals surface area contributed by atoms with Crippen LogP contribution in [0.3, 0.4) is 0 Å². The van der Waals surface area contributed by atoms with Gasteiger partial charge in [-0.3, -0.25) is 0 Å². The fourth-order valence-electron chi connectivity index (χ4n) is 1.81. The number of pyridine rings is 1. The molecule has 0 atom stereocenters. The molecule has 2 aromatic heterocycles. The van der Waals surface area contributed by atoms with Crippen molar-refractivity contribution in [2.24, 2.45) is 0 Å². The summed E-state index contributed by atoms with van der Waals surface area (Å²) >= 11 is 3.46. The summed E-state index contributed by atoms with van der Waals surface area (Å²) < 4.78 is 14.7. The van der Waals surface area contributed by atoms with Gasteiger partial charge in [0.05, 0.1) is 29.0 Å². The number of fused-ring (bicyclic) bond motifs is 1. The van der Waals surface area contributed by atoms with Crippen molar-refractivity contribution in [3.05, 3.63) is 29.0 Å². The molecule has 0 aliphatic rings. The predicted molar refractivity (Wildman–Crippen MR) is 96.2 cm³/mol. The number of ether oxygens (including phenoxy) is 1. The third kappa shape index (κ3) is 4.11. The Kier molecular flexibility index (Phi) is 5.35. The van der Waals surface area contributed by atoms with Gasteiger partial charge in [-0.25, -0.2) is 4.52 Å². The summed E-state index contributed by atoms with van der Waals surface area (Å²) in [5, 5.41) is 4.51. The highest BCUT2D eigenvalue weighted by atomic mass is 79.9. The van der Waals surface area contributed by atoms with Crippen molar-refractivity contribution < 1.29 is 9.16 Å². The van der Waals surface area contributed by atoms with Gasteiger partial charge in [-0.15, -0.1) is 0 Å². The molecule has 0 fully saturated rings. The molecule has 2 aromatic rings. The minimum atomic E-state index is -1.64. The van der Waals surface area contributed by atoms with Crippen LogP contribution in [-0.2, 0) is 4.43 Å². The monoisotopic (exact) mass is 384 g/mol. The van der Waals surface area contributed by atoms with Gasteiger partial charge in [-0.05, 0) is 46.2 Å². The molecular weight excluding hydrogens is 360 g/mol. The van der Waals surface area contributed by atoms with Crippen molar-refractivity contribution in [3.63, 3.8) is 0 Å². The average Bonchev–Trinajstić information content (AvgIpc) is 2.78. The zero-order valence-corrected chi connectivity index (χ0v) is 16.6. The maximum Gasteiger partial charge on any atom is 0.191 e. The highest BCUT2D eigenvalue weighted by Gasteiger charge is 2.36. The number of halogens is 1. The van der Waals surface area contributed by atoms with E-state index in [9.17, 15) is 0 Å². The van der Waals surface area contributed by atoms with Crippen molar-refractivity contribution in [1.82, 2.24) is 9.61 Å². The van der Waals surface area contributed by atoms with Crippen LogP contribution >= 0.6 is 15.9 Å². The normalized spacial score (nSPS) is 12.8. The summed E-state index contributed by atoms with van der Waals surface area (Å²) in [6.45, 7) is 12.7. The topological polar surface area (TPSA) is 35.8 Å². The van der Waals surface area contributed by atoms with E-state index in [0.717, 1.165) is 28.8 Å². The molecule has 0 aromatic carbocycles. The Bertz CT molecular complexity index is 635. The lowest BCUT2D eigenvalue weighted by molar-refractivity contribution is 0.233. The van der Waals surface area contributed by atoms with E-state index in [-0.39, 0.29) is 5.04 Å². The molecule has 0 N–H and O–H groups in total. The number of aromatic nitrogens is 2. The van der Waals surface area contributed by atoms with Gasteiger partial charge in [0.2, 0.25) is 0 Å². The summed E-state index contributed by atoms with van der Waals surface area (Å²) in [4.78, 5) is 0. The molecule has 0 amide bonds. The first-order valence-corrected chi connectivity index (χ1v) is 11.3. The molecular formula is C16H25BrN2O2Si. The van der Waals surface area contributed by atoms with Crippen molar-refractivity contribution in [2.45, 2.75) is 45.3 Å². The third-order valence-corrected chi connectivity index (χ3v) is 9.42. The van der Waals surface area contributed by atoms with Gasteiger partial charge >= 0.3 is 0 Å². The van der Waals surface area contributed by atoms with E-state index in [4.69, 9.17) is 9.16 Å². The van der Waals surface area contributed by atoms with Crippen LogP contribution in [0.4, 0.5) is 0 Å². The molecule has 0 saturated heterocycles. The van der Waals surface area contributed by atoms with Crippen LogP contribution in [0.1, 0.15) is 27.2 Å². The predicted octanol–water partition coefficient (Wildman–Crippen LogP) is 4.89. The number of nitrogens with zero attached hydrogens (tertiary/aromatic N) is 2. The fourth-order valence-corrected chi connectivity index (χ4v) is 3.31. The highest BCUT2D eigenvalue weighted by molar-refractivity contribution is 9.10. The highest BCUT2D eigenvalue weighted by Crippen LogP contribution is 2.36. The standard InChI is InChI=1S/C16H25BrN2O2Si/c1-16(2,3)22(4,5)21-10-6-9-20-13-7-8-15-14(17)11-18-19(15)12-13/h7-8,11-12H,6,9-10H2,1-5H3. The van der Waals surface area contributed by atoms with Gasteiger partial charge in [0.1, 0.15) is 5.75 Å². The molecule has 0 aliphatic carbocycles. The second kappa shape index (κ2) is 6.72. The van der Waals surface area contributed by atoms with Crippen LogP contribution in [0.5, 0.6) is 5.75 Å². The van der Waals surface area contributed by atoms with Gasteiger partial charge < -0.3 is 9.16 Å². The van der Waals surface area contributed by atoms with E-state index in [1.54, 1.807) is 6.20 Å². The van der Waals surface area contributed by atoms with Crippen LogP contribution in [0, 0.1) is 0 Å². The minimum absolute atomic E-state index is 0.256. The van der Waals surface area contributed by atoms with Gasteiger partial charge in [0.25, 0.3) is 0 Å². The molecule has 0 aliphatic heterocycles. The Hall–Kier alpha value is -0.853. The van der Waals surface area contributed by atoms with E-state index in [2.05, 4.69) is 54.9 Å². The Morgan fingerprint density at radius 1 is 1.23 bits per heavy atom. The number of rotatable bonds is 6. The smallest absolute Gasteiger partial charge is 0.191 e. The van der Waals surface area contributed by atoms with Crippen LogP contribution < -0.4 is 4.74 Å². The number of hydrogen-bond donors (Lipinski definition) is 0. The van der Waals surface area contributed by atoms with E-state index in [0.29, 0.717) is 6.61 Å². The lowest BCUT2D eigenvalue weighted by Crippen LogP contribution is -2.41. The lowest BCUT2D eigenvalue weighted by Gasteiger charge is -2.36. The maximum atomic E-state index is 6.14. The van der Waals surface area contributed by atoms with Crippen molar-refractivity contribution in [2.75, 3.05) is 13.2 Å². The average molecular weight is 385 g/mol. The third-order valence-electron chi connectivity index (χ3n) is 4.27. The summed E-state index contributed by atoms with van der Waals surface area (Å²) in [5.74, 6) is 0.829. The second-order valence-electron chi connectivity index (χ2n) is 7.00. The molecule has 22 heavy (non-hydrogen) atoms. The van der Waals surface area contributed by atoms with Gasteiger partial charge in [0.15, 0.2) is 8.32 Å². The summed E-state index contributed by atoms with van der Waals surface area (Å²) in [7, 11) is -1.64. The molecule has 0 bridgehead atoms. The molecule has 122 valence electrons. The first kappa shape index (κ1) is 17.5. The summed E-state index contributed by atoms with van der Waals surface area (Å²) in [6.07, 6.45) is 4.58. The Balaban J connectivity index is 1.78. The van der Waals surface area contributed by atoms with Crippen molar-refractivity contribution in [3.8, 4) is 5.75 Å². The Morgan fingerprint density at radius 2 is 1.95 bits per heavy atom. The largest absolute Gasteiger partial charge is 0.492 e. The van der Waals surface area contributed by atoms with E-state index in [1.807, 2.05) is 22.8 Å². The quantitative estimate of drug-likeness (QED) is 0.525. The van der Waals surface area contributed by atoms with Crippen LogP contribution in [0.15, 0.2) is 29.0 Å². The summed E-state index contributed by atoms with van der Waals surface area (Å²) in [6, 6.07) is 3.97. The van der Waals surface area contributed by atoms with Crippen LogP contribution in [0.2, 0.25) is 18.1 Å². The lowest BCUT2D eigenvalue weighted by atomic mass is 10.2. The molecule has 2 rings (SSSR count). The zero-order chi connectivity index (χ0) is 16.4. The molecule has 2 heterocycles. The SMILES string of the molecule is CC(C)(C)[Si](C)(C)OCCCOc1ccc2c(Br)cnn2c1. The molecule has 0 radical (unpaired) electrons. The second-order valence-corrected chi connectivity index (χ2v) is 12.7. The molecule has 0 spiro atoms. The van der Waals surface area contributed by atoms with E-state index < -0.39 is 8.32 Å². The summed E-state index contributed by atoms with van der Waals surface area (Å²) in [5.41, 5.74) is 1.04. The first-order valence-electron chi connectivity index (χ1n) is 7.60. The van der Waals surface area contributed by atoms with Crippen LogP contribution in [0.25, 0.3) is 5.52 Å². The minimum Gasteiger partial charge on any atom is -0.492 e.